The summed E-state index contributed by atoms with van der Waals surface area (Å²) < 4.78 is 11.4. The summed E-state index contributed by atoms with van der Waals surface area (Å²) in [5, 5.41) is 0. The molecular formula is C16H26O3. The maximum Gasteiger partial charge on any atom is 0.161 e. The van der Waals surface area contributed by atoms with E-state index in [9.17, 15) is 4.79 Å². The molecule has 2 rings (SSSR count). The summed E-state index contributed by atoms with van der Waals surface area (Å²) in [4.78, 5) is 11.9. The number of carbonyl (C=O) groups excluding carboxylic acids is 1. The van der Waals surface area contributed by atoms with Crippen LogP contribution < -0.4 is 0 Å². The molecule has 0 amide bonds. The second kappa shape index (κ2) is 7.81. The summed E-state index contributed by atoms with van der Waals surface area (Å²) >= 11 is 0. The molecule has 0 spiro atoms. The van der Waals surface area contributed by atoms with E-state index in [-0.39, 0.29) is 18.2 Å². The van der Waals surface area contributed by atoms with Gasteiger partial charge in [-0.25, -0.2) is 0 Å². The Hall–Kier alpha value is -0.670. The summed E-state index contributed by atoms with van der Waals surface area (Å²) in [6.45, 7) is 2.99. The first-order chi connectivity index (χ1) is 9.29. The number of hydrogen-bond acceptors (Lipinski definition) is 3. The Balaban J connectivity index is 1.73. The lowest BCUT2D eigenvalue weighted by Crippen LogP contribution is -2.26. The van der Waals surface area contributed by atoms with Gasteiger partial charge in [-0.1, -0.05) is 26.2 Å². The van der Waals surface area contributed by atoms with Gasteiger partial charge in [0.1, 0.15) is 0 Å². The minimum atomic E-state index is -0.0951. The van der Waals surface area contributed by atoms with Crippen molar-refractivity contribution in [1.29, 1.82) is 0 Å². The van der Waals surface area contributed by atoms with E-state index in [1.165, 1.54) is 25.7 Å². The van der Waals surface area contributed by atoms with E-state index in [1.54, 1.807) is 0 Å². The molecule has 3 heteroatoms. The molecule has 0 aromatic carbocycles. The smallest absolute Gasteiger partial charge is 0.161 e. The van der Waals surface area contributed by atoms with Gasteiger partial charge < -0.3 is 9.47 Å². The molecule has 0 saturated carbocycles. The third kappa shape index (κ3) is 4.73. The molecule has 1 heterocycles. The fourth-order valence-corrected chi connectivity index (χ4v) is 2.76. The fraction of sp³-hybridized carbons (Fsp3) is 0.812. The van der Waals surface area contributed by atoms with E-state index >= 15 is 0 Å². The van der Waals surface area contributed by atoms with Crippen LogP contribution in [-0.4, -0.2) is 24.8 Å². The number of rotatable bonds is 7. The van der Waals surface area contributed by atoms with Gasteiger partial charge in [0, 0.05) is 13.0 Å². The highest BCUT2D eigenvalue weighted by Crippen LogP contribution is 2.25. The predicted octanol–water partition coefficient (Wildman–Crippen LogP) is 3.77. The first-order valence-corrected chi connectivity index (χ1v) is 7.80. The van der Waals surface area contributed by atoms with E-state index < -0.39 is 0 Å². The number of carbonyl (C=O) groups is 1. The van der Waals surface area contributed by atoms with Gasteiger partial charge in [0.2, 0.25) is 0 Å². The lowest BCUT2D eigenvalue weighted by atomic mass is 10.1. The highest BCUT2D eigenvalue weighted by Gasteiger charge is 2.27. The van der Waals surface area contributed by atoms with Crippen molar-refractivity contribution in [1.82, 2.24) is 0 Å². The molecule has 108 valence electrons. The predicted molar refractivity (Wildman–Crippen MR) is 74.9 cm³/mol. The van der Waals surface area contributed by atoms with Gasteiger partial charge in [0.05, 0.1) is 6.10 Å². The molecule has 0 radical (unpaired) electrons. The van der Waals surface area contributed by atoms with E-state index in [1.807, 2.05) is 6.08 Å². The van der Waals surface area contributed by atoms with Gasteiger partial charge in [-0.2, -0.15) is 0 Å². The van der Waals surface area contributed by atoms with Crippen LogP contribution >= 0.6 is 0 Å². The average Bonchev–Trinajstić information content (AvgIpc) is 2.76. The molecule has 3 nitrogen and oxygen atoms in total. The molecule has 2 unspecified atom stereocenters. The normalized spacial score (nSPS) is 27.6. The quantitative estimate of drug-likeness (QED) is 0.658. The Labute approximate surface area is 116 Å². The topological polar surface area (TPSA) is 35.5 Å². The second-order valence-corrected chi connectivity index (χ2v) is 5.60. The molecule has 1 saturated heterocycles. The van der Waals surface area contributed by atoms with Crippen LogP contribution in [0.1, 0.15) is 64.7 Å². The monoisotopic (exact) mass is 266 g/mol. The summed E-state index contributed by atoms with van der Waals surface area (Å²) in [7, 11) is 0. The van der Waals surface area contributed by atoms with Gasteiger partial charge in [0.15, 0.2) is 12.1 Å². The molecule has 0 aromatic heterocycles. The summed E-state index contributed by atoms with van der Waals surface area (Å²) in [5.41, 5.74) is 0.983. The van der Waals surface area contributed by atoms with Gasteiger partial charge >= 0.3 is 0 Å². The number of ether oxygens (including phenoxy) is 2. The average molecular weight is 266 g/mol. The maximum absolute atomic E-state index is 11.9. The summed E-state index contributed by atoms with van der Waals surface area (Å²) in [6.07, 6.45) is 11.4. The van der Waals surface area contributed by atoms with Crippen LogP contribution in [0.25, 0.3) is 0 Å². The van der Waals surface area contributed by atoms with Gasteiger partial charge in [-0.05, 0) is 43.8 Å². The minimum absolute atomic E-state index is 0.0447. The highest BCUT2D eigenvalue weighted by atomic mass is 16.7. The van der Waals surface area contributed by atoms with E-state index in [2.05, 4.69) is 6.92 Å². The molecule has 19 heavy (non-hydrogen) atoms. The van der Waals surface area contributed by atoms with Gasteiger partial charge in [-0.15, -0.1) is 0 Å². The van der Waals surface area contributed by atoms with E-state index in [0.717, 1.165) is 37.9 Å². The second-order valence-electron chi connectivity index (χ2n) is 5.60. The van der Waals surface area contributed by atoms with Crippen molar-refractivity contribution in [2.75, 3.05) is 6.61 Å². The van der Waals surface area contributed by atoms with Crippen LogP contribution in [0.15, 0.2) is 11.6 Å². The Morgan fingerprint density at radius 2 is 2.21 bits per heavy atom. The summed E-state index contributed by atoms with van der Waals surface area (Å²) in [6, 6.07) is 0. The maximum atomic E-state index is 11.9. The highest BCUT2D eigenvalue weighted by molar-refractivity contribution is 5.98. The Morgan fingerprint density at radius 1 is 1.32 bits per heavy atom. The number of unbranched alkanes of at least 4 members (excludes halogenated alkanes) is 3. The Kier molecular flexibility index (Phi) is 6.05. The van der Waals surface area contributed by atoms with Crippen molar-refractivity contribution < 1.29 is 14.3 Å². The molecule has 1 fully saturated rings. The lowest BCUT2D eigenvalue weighted by molar-refractivity contribution is -0.178. The Morgan fingerprint density at radius 3 is 2.95 bits per heavy atom. The molecule has 0 N–H and O–H groups in total. The molecule has 0 aromatic rings. The number of allylic oxidation sites excluding steroid dienone is 1. The third-order valence-corrected chi connectivity index (χ3v) is 3.90. The SMILES string of the molecule is CCCCCCC1=CC(OC2CCCCO2)CC1=O. The molecule has 0 bridgehead atoms. The van der Waals surface area contributed by atoms with Gasteiger partial charge in [-0.3, -0.25) is 4.79 Å². The third-order valence-electron chi connectivity index (χ3n) is 3.90. The number of ketones is 1. The zero-order chi connectivity index (χ0) is 13.5. The van der Waals surface area contributed by atoms with Crippen LogP contribution in [0.2, 0.25) is 0 Å². The van der Waals surface area contributed by atoms with E-state index in [0.29, 0.717) is 6.42 Å². The van der Waals surface area contributed by atoms with Crippen molar-refractivity contribution in [2.45, 2.75) is 77.1 Å². The van der Waals surface area contributed by atoms with Crippen molar-refractivity contribution >= 4 is 5.78 Å². The fourth-order valence-electron chi connectivity index (χ4n) is 2.76. The van der Waals surface area contributed by atoms with Crippen molar-refractivity contribution in [3.8, 4) is 0 Å². The number of hydrogen-bond donors (Lipinski definition) is 0. The zero-order valence-corrected chi connectivity index (χ0v) is 12.0. The van der Waals surface area contributed by atoms with Crippen molar-refractivity contribution in [3.05, 3.63) is 11.6 Å². The van der Waals surface area contributed by atoms with Crippen LogP contribution in [0.5, 0.6) is 0 Å². The van der Waals surface area contributed by atoms with Crippen LogP contribution in [0.3, 0.4) is 0 Å². The molecule has 1 aliphatic carbocycles. The first-order valence-electron chi connectivity index (χ1n) is 7.80. The van der Waals surface area contributed by atoms with Crippen LogP contribution in [0.4, 0.5) is 0 Å². The Bertz CT molecular complexity index is 316. The van der Waals surface area contributed by atoms with Crippen molar-refractivity contribution in [3.63, 3.8) is 0 Å². The first kappa shape index (κ1) is 14.7. The molecule has 1 aliphatic heterocycles. The number of Topliss-reactive ketones (excluding diaryl/α,β-unsaturated/α-hetero) is 1. The van der Waals surface area contributed by atoms with Crippen LogP contribution in [0, 0.1) is 0 Å². The molecule has 2 atom stereocenters. The van der Waals surface area contributed by atoms with E-state index in [4.69, 9.17) is 9.47 Å². The zero-order valence-electron chi connectivity index (χ0n) is 12.0. The lowest BCUT2D eigenvalue weighted by Gasteiger charge is -2.24. The molecule has 2 aliphatic rings. The van der Waals surface area contributed by atoms with Crippen molar-refractivity contribution in [2.24, 2.45) is 0 Å². The molecular weight excluding hydrogens is 240 g/mol. The standard InChI is InChI=1S/C16H26O3/c1-2-3-4-5-8-13-11-14(12-15(13)17)19-16-9-6-7-10-18-16/h11,14,16H,2-10,12H2,1H3. The van der Waals surface area contributed by atoms with Gasteiger partial charge in [0.25, 0.3) is 0 Å². The largest absolute Gasteiger partial charge is 0.353 e. The summed E-state index contributed by atoms with van der Waals surface area (Å²) in [5.74, 6) is 0.275. The minimum Gasteiger partial charge on any atom is -0.353 e. The van der Waals surface area contributed by atoms with Crippen LogP contribution in [-0.2, 0) is 14.3 Å².